The minimum Gasteiger partial charge on any atom is -0.457 e. The molecule has 5 heteroatoms. The fraction of sp³-hybridized carbons (Fsp3) is 0.0217. The SMILES string of the molecule is c1ccc(-c2nc(-c3ccccc3)nc(-c3ccc4c(c3)C3(c5ccccc5O4)c4ccccc4-c4cc5oc6ccccc6c5cc43)n2)cc1. The second-order valence-electron chi connectivity index (χ2n) is 13.1. The molecule has 7 aromatic carbocycles. The first-order chi connectivity index (χ1) is 25.3. The fourth-order valence-corrected chi connectivity index (χ4v) is 8.19. The summed E-state index contributed by atoms with van der Waals surface area (Å²) in [4.78, 5) is 15.1. The Kier molecular flexibility index (Phi) is 5.81. The third kappa shape index (κ3) is 4.00. The summed E-state index contributed by atoms with van der Waals surface area (Å²) in [6, 6.07) is 56.6. The van der Waals surface area contributed by atoms with E-state index in [9.17, 15) is 0 Å². The van der Waals surface area contributed by atoms with E-state index in [1.807, 2.05) is 78.9 Å². The van der Waals surface area contributed by atoms with E-state index in [0.29, 0.717) is 17.5 Å². The van der Waals surface area contributed by atoms with Crippen molar-refractivity contribution < 1.29 is 9.15 Å². The monoisotopic (exact) mass is 653 g/mol. The Bertz CT molecular complexity index is 2790. The summed E-state index contributed by atoms with van der Waals surface area (Å²) in [5.74, 6) is 3.49. The summed E-state index contributed by atoms with van der Waals surface area (Å²) in [6.07, 6.45) is 0. The zero-order valence-corrected chi connectivity index (χ0v) is 27.2. The second-order valence-corrected chi connectivity index (χ2v) is 13.1. The van der Waals surface area contributed by atoms with Gasteiger partial charge in [-0.2, -0.15) is 0 Å². The van der Waals surface area contributed by atoms with Crippen molar-refractivity contribution in [2.45, 2.75) is 5.41 Å². The van der Waals surface area contributed by atoms with Crippen LogP contribution in [0.5, 0.6) is 11.5 Å². The fourth-order valence-electron chi connectivity index (χ4n) is 8.19. The van der Waals surface area contributed by atoms with Gasteiger partial charge in [-0.05, 0) is 64.7 Å². The number of benzene rings is 7. The smallest absolute Gasteiger partial charge is 0.164 e. The van der Waals surface area contributed by atoms with E-state index in [1.165, 1.54) is 16.7 Å². The lowest BCUT2D eigenvalue weighted by Crippen LogP contribution is -2.32. The molecule has 9 aromatic rings. The van der Waals surface area contributed by atoms with Gasteiger partial charge < -0.3 is 9.15 Å². The van der Waals surface area contributed by atoms with Crippen LogP contribution in [-0.4, -0.2) is 15.0 Å². The maximum absolute atomic E-state index is 6.74. The molecule has 1 aliphatic heterocycles. The molecular weight excluding hydrogens is 627 g/mol. The van der Waals surface area contributed by atoms with E-state index in [2.05, 4.69) is 84.9 Å². The molecule has 3 heterocycles. The van der Waals surface area contributed by atoms with Crippen LogP contribution in [0.1, 0.15) is 22.3 Å². The number of nitrogens with zero attached hydrogens (tertiary/aromatic N) is 3. The molecule has 0 N–H and O–H groups in total. The van der Waals surface area contributed by atoms with Crippen LogP contribution in [0.3, 0.4) is 0 Å². The van der Waals surface area contributed by atoms with Crippen molar-refractivity contribution in [1.82, 2.24) is 15.0 Å². The van der Waals surface area contributed by atoms with Gasteiger partial charge in [0.05, 0.1) is 5.41 Å². The van der Waals surface area contributed by atoms with E-state index in [0.717, 1.165) is 66.8 Å². The van der Waals surface area contributed by atoms with Crippen molar-refractivity contribution in [1.29, 1.82) is 0 Å². The van der Waals surface area contributed by atoms with E-state index >= 15 is 0 Å². The number of hydrogen-bond acceptors (Lipinski definition) is 5. The highest BCUT2D eigenvalue weighted by Crippen LogP contribution is 2.63. The normalized spacial score (nSPS) is 15.3. The van der Waals surface area contributed by atoms with Crippen LogP contribution in [0.15, 0.2) is 168 Å². The summed E-state index contributed by atoms with van der Waals surface area (Å²) in [5.41, 5.74) is 10.7. The van der Waals surface area contributed by atoms with E-state index < -0.39 is 5.41 Å². The Labute approximate surface area is 293 Å². The molecule has 51 heavy (non-hydrogen) atoms. The number of rotatable bonds is 3. The van der Waals surface area contributed by atoms with Crippen LogP contribution in [0.2, 0.25) is 0 Å². The van der Waals surface area contributed by atoms with Gasteiger partial charge in [-0.25, -0.2) is 15.0 Å². The molecule has 0 bridgehead atoms. The summed E-state index contributed by atoms with van der Waals surface area (Å²) in [7, 11) is 0. The predicted octanol–water partition coefficient (Wildman–Crippen LogP) is 11.2. The quantitative estimate of drug-likeness (QED) is 0.190. The van der Waals surface area contributed by atoms with Crippen LogP contribution in [0.25, 0.3) is 67.2 Å². The van der Waals surface area contributed by atoms with Crippen molar-refractivity contribution in [3.8, 4) is 56.8 Å². The number of hydrogen-bond donors (Lipinski definition) is 0. The summed E-state index contributed by atoms with van der Waals surface area (Å²) in [6.45, 7) is 0. The lowest BCUT2D eigenvalue weighted by atomic mass is 9.65. The van der Waals surface area contributed by atoms with Gasteiger partial charge in [0.1, 0.15) is 22.7 Å². The van der Waals surface area contributed by atoms with Crippen LogP contribution in [0.4, 0.5) is 0 Å². The first-order valence-electron chi connectivity index (χ1n) is 17.1. The van der Waals surface area contributed by atoms with E-state index in [-0.39, 0.29) is 0 Å². The van der Waals surface area contributed by atoms with Gasteiger partial charge >= 0.3 is 0 Å². The average molecular weight is 654 g/mol. The molecule has 1 aliphatic carbocycles. The maximum Gasteiger partial charge on any atom is 0.164 e. The van der Waals surface area contributed by atoms with Gasteiger partial charge in [-0.3, -0.25) is 0 Å². The minimum atomic E-state index is -0.670. The molecule has 0 amide bonds. The summed E-state index contributed by atoms with van der Waals surface area (Å²) < 4.78 is 13.2. The third-order valence-corrected chi connectivity index (χ3v) is 10.4. The van der Waals surface area contributed by atoms with Crippen molar-refractivity contribution >= 4 is 21.9 Å². The maximum atomic E-state index is 6.74. The Balaban J connectivity index is 1.21. The molecule has 2 aromatic heterocycles. The molecule has 2 aliphatic rings. The first kappa shape index (κ1) is 28.0. The lowest BCUT2D eigenvalue weighted by Gasteiger charge is -2.39. The Morgan fingerprint density at radius 2 is 0.980 bits per heavy atom. The van der Waals surface area contributed by atoms with Crippen LogP contribution >= 0.6 is 0 Å². The zero-order chi connectivity index (χ0) is 33.5. The second kappa shape index (κ2) is 10.6. The Morgan fingerprint density at radius 1 is 0.373 bits per heavy atom. The molecule has 1 unspecified atom stereocenters. The number of fused-ring (bicyclic) bond motifs is 12. The van der Waals surface area contributed by atoms with Gasteiger partial charge in [0, 0.05) is 38.6 Å². The van der Waals surface area contributed by atoms with Crippen LogP contribution < -0.4 is 4.74 Å². The zero-order valence-electron chi connectivity index (χ0n) is 27.2. The van der Waals surface area contributed by atoms with Gasteiger partial charge in [0.15, 0.2) is 17.5 Å². The molecule has 5 nitrogen and oxygen atoms in total. The summed E-state index contributed by atoms with van der Waals surface area (Å²) in [5, 5.41) is 2.19. The molecule has 1 spiro atoms. The van der Waals surface area contributed by atoms with Gasteiger partial charge in [-0.1, -0.05) is 121 Å². The van der Waals surface area contributed by atoms with Gasteiger partial charge in [-0.15, -0.1) is 0 Å². The van der Waals surface area contributed by atoms with Gasteiger partial charge in [0.2, 0.25) is 0 Å². The predicted molar refractivity (Wildman–Crippen MR) is 201 cm³/mol. The van der Waals surface area contributed by atoms with Crippen LogP contribution in [-0.2, 0) is 5.41 Å². The van der Waals surface area contributed by atoms with Crippen molar-refractivity contribution in [2.75, 3.05) is 0 Å². The van der Waals surface area contributed by atoms with Crippen molar-refractivity contribution in [3.05, 3.63) is 186 Å². The Hall–Kier alpha value is -6.85. The van der Waals surface area contributed by atoms with Gasteiger partial charge in [0.25, 0.3) is 0 Å². The molecule has 0 radical (unpaired) electrons. The number of furan rings is 1. The first-order valence-corrected chi connectivity index (χ1v) is 17.1. The van der Waals surface area contributed by atoms with E-state index in [4.69, 9.17) is 24.1 Å². The number of para-hydroxylation sites is 2. The Morgan fingerprint density at radius 3 is 1.75 bits per heavy atom. The average Bonchev–Trinajstić information content (AvgIpc) is 3.70. The summed E-state index contributed by atoms with van der Waals surface area (Å²) >= 11 is 0. The van der Waals surface area contributed by atoms with Crippen molar-refractivity contribution in [3.63, 3.8) is 0 Å². The molecule has 238 valence electrons. The van der Waals surface area contributed by atoms with Crippen LogP contribution in [0, 0.1) is 0 Å². The number of aromatic nitrogens is 3. The molecule has 1 atom stereocenters. The van der Waals surface area contributed by atoms with Crippen molar-refractivity contribution in [2.24, 2.45) is 0 Å². The molecule has 11 rings (SSSR count). The largest absolute Gasteiger partial charge is 0.457 e. The standard InChI is InChI=1S/C46H27N3O2/c1-3-13-28(14-4-1)43-47-44(29-15-5-2-6-16-29)49-45(48-43)30-23-24-41-38(25-30)46(36-20-10-12-22-40(36)51-41)35-19-9-7-17-31(35)33-27-42-34(26-37(33)46)32-18-8-11-21-39(32)50-42/h1-27H. The highest BCUT2D eigenvalue weighted by Gasteiger charge is 2.51. The molecule has 0 saturated carbocycles. The molecule has 0 saturated heterocycles. The highest BCUT2D eigenvalue weighted by atomic mass is 16.5. The minimum absolute atomic E-state index is 0.599. The lowest BCUT2D eigenvalue weighted by molar-refractivity contribution is 0.436. The topological polar surface area (TPSA) is 61.0 Å². The highest BCUT2D eigenvalue weighted by molar-refractivity contribution is 6.08. The van der Waals surface area contributed by atoms with E-state index in [1.54, 1.807) is 0 Å². The molecular formula is C46H27N3O2. The molecule has 0 fully saturated rings. The third-order valence-electron chi connectivity index (χ3n) is 10.4. The number of ether oxygens (including phenoxy) is 1.